The molecule has 0 aliphatic carbocycles. The van der Waals surface area contributed by atoms with Gasteiger partial charge in [0.2, 0.25) is 5.91 Å². The number of aromatic nitrogens is 1. The third-order valence-electron chi connectivity index (χ3n) is 3.11. The Balaban J connectivity index is 1.69. The van der Waals surface area contributed by atoms with Crippen molar-refractivity contribution < 1.29 is 14.0 Å². The van der Waals surface area contributed by atoms with Crippen molar-refractivity contribution in [2.45, 2.75) is 39.4 Å². The van der Waals surface area contributed by atoms with Gasteiger partial charge in [-0.05, 0) is 25.5 Å². The van der Waals surface area contributed by atoms with Gasteiger partial charge in [0, 0.05) is 11.1 Å². The molecule has 8 heteroatoms. The highest BCUT2D eigenvalue weighted by molar-refractivity contribution is 7.11. The summed E-state index contributed by atoms with van der Waals surface area (Å²) in [5.41, 5.74) is 0. The van der Waals surface area contributed by atoms with E-state index in [1.54, 1.807) is 36.7 Å². The lowest BCUT2D eigenvalue weighted by Gasteiger charge is -2.14. The molecule has 2 rings (SSSR count). The number of carbonyl (C=O) groups is 2. The summed E-state index contributed by atoms with van der Waals surface area (Å²) in [5, 5.41) is 8.81. The van der Waals surface area contributed by atoms with Crippen LogP contribution in [0, 0.1) is 0 Å². The Kier molecular flexibility index (Phi) is 6.16. The Labute approximate surface area is 138 Å². The highest BCUT2D eigenvalue weighted by Crippen LogP contribution is 2.12. The van der Waals surface area contributed by atoms with Crippen LogP contribution in [0.4, 0.5) is 4.79 Å². The summed E-state index contributed by atoms with van der Waals surface area (Å²) >= 11 is 1.56. The second-order valence-corrected chi connectivity index (χ2v) is 6.12. The summed E-state index contributed by atoms with van der Waals surface area (Å²) in [6, 6.07) is 2.47. The van der Waals surface area contributed by atoms with Gasteiger partial charge in [0.15, 0.2) is 0 Å². The summed E-state index contributed by atoms with van der Waals surface area (Å²) < 4.78 is 5.12. The number of hydrogen-bond acceptors (Lipinski definition) is 5. The monoisotopic (exact) mass is 336 g/mol. The maximum Gasteiger partial charge on any atom is 0.315 e. The van der Waals surface area contributed by atoms with Gasteiger partial charge in [-0.3, -0.25) is 4.79 Å². The number of furan rings is 1. The second-order valence-electron chi connectivity index (χ2n) is 4.92. The van der Waals surface area contributed by atoms with Crippen LogP contribution in [-0.2, 0) is 24.3 Å². The van der Waals surface area contributed by atoms with Gasteiger partial charge in [-0.15, -0.1) is 11.3 Å². The molecular weight excluding hydrogens is 316 g/mol. The van der Waals surface area contributed by atoms with Gasteiger partial charge >= 0.3 is 6.03 Å². The van der Waals surface area contributed by atoms with Crippen LogP contribution in [-0.4, -0.2) is 23.0 Å². The molecule has 7 nitrogen and oxygen atoms in total. The molecule has 3 N–H and O–H groups in total. The van der Waals surface area contributed by atoms with Gasteiger partial charge in [-0.25, -0.2) is 9.78 Å². The van der Waals surface area contributed by atoms with Crippen molar-refractivity contribution in [2.75, 3.05) is 0 Å². The molecule has 0 aliphatic heterocycles. The van der Waals surface area contributed by atoms with E-state index in [1.807, 2.05) is 6.20 Å². The van der Waals surface area contributed by atoms with Crippen LogP contribution in [0.1, 0.15) is 29.5 Å². The van der Waals surface area contributed by atoms with Gasteiger partial charge in [-0.1, -0.05) is 6.92 Å². The zero-order valence-electron chi connectivity index (χ0n) is 13.1. The van der Waals surface area contributed by atoms with Crippen molar-refractivity contribution >= 4 is 23.3 Å². The molecule has 2 heterocycles. The predicted octanol–water partition coefficient (Wildman–Crippen LogP) is 1.80. The molecule has 0 radical (unpaired) electrons. The summed E-state index contributed by atoms with van der Waals surface area (Å²) in [6.45, 7) is 4.31. The number of hydrogen-bond donors (Lipinski definition) is 3. The number of aryl methyl sites for hydroxylation is 1. The number of nitrogens with zero attached hydrogens (tertiary/aromatic N) is 1. The largest absolute Gasteiger partial charge is 0.467 e. The SMILES string of the molecule is CCc1cnc(CNC(=O)NC(C)C(=O)NCc2ccco2)s1. The lowest BCUT2D eigenvalue weighted by Crippen LogP contribution is -2.48. The third kappa shape index (κ3) is 5.41. The number of urea groups is 1. The van der Waals surface area contributed by atoms with Crippen molar-refractivity contribution in [1.29, 1.82) is 0 Å². The smallest absolute Gasteiger partial charge is 0.315 e. The average molecular weight is 336 g/mol. The minimum atomic E-state index is -0.646. The minimum Gasteiger partial charge on any atom is -0.467 e. The Bertz CT molecular complexity index is 639. The van der Waals surface area contributed by atoms with E-state index in [0.29, 0.717) is 18.8 Å². The van der Waals surface area contributed by atoms with Gasteiger partial charge < -0.3 is 20.4 Å². The fourth-order valence-electron chi connectivity index (χ4n) is 1.80. The number of amides is 3. The van der Waals surface area contributed by atoms with Crippen LogP contribution < -0.4 is 16.0 Å². The topological polar surface area (TPSA) is 96.3 Å². The summed E-state index contributed by atoms with van der Waals surface area (Å²) in [5.74, 6) is 0.379. The van der Waals surface area contributed by atoms with E-state index >= 15 is 0 Å². The lowest BCUT2D eigenvalue weighted by atomic mass is 10.3. The molecular formula is C15H20N4O3S. The third-order valence-corrected chi connectivity index (χ3v) is 4.25. The molecule has 0 spiro atoms. The van der Waals surface area contributed by atoms with E-state index < -0.39 is 12.1 Å². The zero-order valence-corrected chi connectivity index (χ0v) is 13.9. The first-order chi connectivity index (χ1) is 11.1. The fourth-order valence-corrected chi connectivity index (χ4v) is 2.60. The predicted molar refractivity (Wildman–Crippen MR) is 86.9 cm³/mol. The van der Waals surface area contributed by atoms with Crippen LogP contribution in [0.5, 0.6) is 0 Å². The molecule has 0 saturated heterocycles. The molecule has 23 heavy (non-hydrogen) atoms. The van der Waals surface area contributed by atoms with Gasteiger partial charge in [0.05, 0.1) is 19.4 Å². The van der Waals surface area contributed by atoms with Crippen LogP contribution in [0.3, 0.4) is 0 Å². The molecule has 0 fully saturated rings. The van der Waals surface area contributed by atoms with E-state index in [0.717, 1.165) is 11.4 Å². The van der Waals surface area contributed by atoms with Gasteiger partial charge in [0.1, 0.15) is 16.8 Å². The first-order valence-corrected chi connectivity index (χ1v) is 8.18. The Hall–Kier alpha value is -2.35. The highest BCUT2D eigenvalue weighted by atomic mass is 32.1. The lowest BCUT2D eigenvalue weighted by molar-refractivity contribution is -0.122. The van der Waals surface area contributed by atoms with Crippen molar-refractivity contribution in [3.8, 4) is 0 Å². The van der Waals surface area contributed by atoms with Crippen LogP contribution in [0.25, 0.3) is 0 Å². The molecule has 0 aromatic carbocycles. The van der Waals surface area contributed by atoms with Crippen LogP contribution >= 0.6 is 11.3 Å². The van der Waals surface area contributed by atoms with Crippen molar-refractivity contribution in [1.82, 2.24) is 20.9 Å². The summed E-state index contributed by atoms with van der Waals surface area (Å²) in [7, 11) is 0. The molecule has 1 atom stereocenters. The Morgan fingerprint density at radius 3 is 2.83 bits per heavy atom. The number of carbonyl (C=O) groups excluding carboxylic acids is 2. The van der Waals surface area contributed by atoms with Crippen molar-refractivity contribution in [2.24, 2.45) is 0 Å². The van der Waals surface area contributed by atoms with Crippen LogP contribution in [0.15, 0.2) is 29.0 Å². The molecule has 2 aromatic rings. The maximum absolute atomic E-state index is 11.9. The first-order valence-electron chi connectivity index (χ1n) is 7.36. The van der Waals surface area contributed by atoms with Gasteiger partial charge in [-0.2, -0.15) is 0 Å². The molecule has 0 bridgehead atoms. The standard InChI is InChI=1S/C15H20N4O3S/c1-3-12-8-16-13(23-12)9-18-15(21)19-10(2)14(20)17-7-11-5-4-6-22-11/h4-6,8,10H,3,7,9H2,1-2H3,(H,17,20)(H2,18,19,21). The zero-order chi connectivity index (χ0) is 16.7. The maximum atomic E-state index is 11.9. The summed E-state index contributed by atoms with van der Waals surface area (Å²) in [6.07, 6.45) is 4.28. The normalized spacial score (nSPS) is 11.7. The van der Waals surface area contributed by atoms with E-state index in [2.05, 4.69) is 27.9 Å². The minimum absolute atomic E-state index is 0.279. The van der Waals surface area contributed by atoms with E-state index in [-0.39, 0.29) is 5.91 Å². The highest BCUT2D eigenvalue weighted by Gasteiger charge is 2.15. The van der Waals surface area contributed by atoms with E-state index in [1.165, 1.54) is 4.88 Å². The Morgan fingerprint density at radius 2 is 2.17 bits per heavy atom. The molecule has 1 unspecified atom stereocenters. The van der Waals surface area contributed by atoms with E-state index in [4.69, 9.17) is 4.42 Å². The molecule has 124 valence electrons. The first kappa shape index (κ1) is 17.0. The summed E-state index contributed by atoms with van der Waals surface area (Å²) in [4.78, 5) is 29.1. The average Bonchev–Trinajstić information content (AvgIpc) is 3.21. The number of nitrogens with one attached hydrogen (secondary N) is 3. The van der Waals surface area contributed by atoms with Crippen molar-refractivity contribution in [3.05, 3.63) is 40.2 Å². The molecule has 2 aromatic heterocycles. The molecule has 3 amide bonds. The quantitative estimate of drug-likeness (QED) is 0.718. The number of thiazole rings is 1. The number of rotatable bonds is 7. The van der Waals surface area contributed by atoms with Crippen LogP contribution in [0.2, 0.25) is 0 Å². The molecule has 0 saturated carbocycles. The van der Waals surface area contributed by atoms with Gasteiger partial charge in [0.25, 0.3) is 0 Å². The Morgan fingerprint density at radius 1 is 1.35 bits per heavy atom. The molecule has 0 aliphatic rings. The van der Waals surface area contributed by atoms with Crippen molar-refractivity contribution in [3.63, 3.8) is 0 Å². The fraction of sp³-hybridized carbons (Fsp3) is 0.400. The van der Waals surface area contributed by atoms with E-state index in [9.17, 15) is 9.59 Å². The second kappa shape index (κ2) is 8.33.